The van der Waals surface area contributed by atoms with E-state index in [2.05, 4.69) is 5.32 Å². The summed E-state index contributed by atoms with van der Waals surface area (Å²) in [6.45, 7) is 2.51. The second kappa shape index (κ2) is 7.60. The van der Waals surface area contributed by atoms with E-state index in [9.17, 15) is 9.59 Å². The van der Waals surface area contributed by atoms with Gasteiger partial charge in [0.25, 0.3) is 5.91 Å². The van der Waals surface area contributed by atoms with Crippen LogP contribution < -0.4 is 5.32 Å². The molecule has 4 nitrogen and oxygen atoms in total. The lowest BCUT2D eigenvalue weighted by atomic mass is 9.81. The predicted molar refractivity (Wildman–Crippen MR) is 111 cm³/mol. The lowest BCUT2D eigenvalue weighted by Gasteiger charge is -2.39. The minimum atomic E-state index is -0.442. The van der Waals surface area contributed by atoms with Crippen LogP contribution in [-0.2, 0) is 11.3 Å². The van der Waals surface area contributed by atoms with Crippen molar-refractivity contribution in [1.82, 2.24) is 10.2 Å². The fourth-order valence-electron chi connectivity index (χ4n) is 3.78. The third-order valence-corrected chi connectivity index (χ3v) is 6.23. The standard InChI is InChI=1S/C23H22N2O2S/c1-15-9-11-16(12-10-15)14-24-22(26)20-17-6-3-4-7-18(17)23(27)25(2)21(20)19-8-5-13-28-19/h3-13,20-21H,14H2,1-2H3,(H,24,26). The van der Waals surface area contributed by atoms with Crippen molar-refractivity contribution in [3.63, 3.8) is 0 Å². The minimum Gasteiger partial charge on any atom is -0.351 e. The maximum absolute atomic E-state index is 13.3. The minimum absolute atomic E-state index is 0.0448. The molecule has 0 bridgehead atoms. The van der Waals surface area contributed by atoms with Crippen LogP contribution in [0.4, 0.5) is 0 Å². The van der Waals surface area contributed by atoms with Gasteiger partial charge in [-0.2, -0.15) is 0 Å². The maximum atomic E-state index is 13.3. The molecule has 2 unspecified atom stereocenters. The number of hydrogen-bond donors (Lipinski definition) is 1. The SMILES string of the molecule is Cc1ccc(CNC(=O)C2c3ccccc3C(=O)N(C)C2c2cccs2)cc1. The van der Waals surface area contributed by atoms with Crippen molar-refractivity contribution >= 4 is 23.2 Å². The van der Waals surface area contributed by atoms with E-state index < -0.39 is 5.92 Å². The van der Waals surface area contributed by atoms with Crippen molar-refractivity contribution in [3.8, 4) is 0 Å². The molecule has 1 aromatic heterocycles. The molecule has 0 aliphatic carbocycles. The molecule has 3 aromatic rings. The second-order valence-corrected chi connectivity index (χ2v) is 8.12. The highest BCUT2D eigenvalue weighted by Gasteiger charge is 2.42. The van der Waals surface area contributed by atoms with E-state index in [1.807, 2.05) is 66.9 Å². The van der Waals surface area contributed by atoms with Crippen LogP contribution in [0.15, 0.2) is 66.0 Å². The van der Waals surface area contributed by atoms with Gasteiger partial charge < -0.3 is 10.2 Å². The molecule has 1 aliphatic heterocycles. The molecule has 0 saturated heterocycles. The van der Waals surface area contributed by atoms with Gasteiger partial charge in [0.2, 0.25) is 5.91 Å². The smallest absolute Gasteiger partial charge is 0.254 e. The van der Waals surface area contributed by atoms with Crippen molar-refractivity contribution < 1.29 is 9.59 Å². The van der Waals surface area contributed by atoms with E-state index in [0.717, 1.165) is 16.0 Å². The predicted octanol–water partition coefficient (Wildman–Crippen LogP) is 4.28. The molecule has 142 valence electrons. The molecular weight excluding hydrogens is 368 g/mol. The molecule has 1 aliphatic rings. The molecule has 2 aromatic carbocycles. The van der Waals surface area contributed by atoms with Gasteiger partial charge in [-0.3, -0.25) is 9.59 Å². The first-order chi connectivity index (χ1) is 13.6. The number of hydrogen-bond acceptors (Lipinski definition) is 3. The Bertz CT molecular complexity index is 996. The van der Waals surface area contributed by atoms with E-state index in [0.29, 0.717) is 12.1 Å². The molecule has 4 rings (SSSR count). The number of aryl methyl sites for hydroxylation is 1. The molecule has 1 N–H and O–H groups in total. The normalized spacial score (nSPS) is 18.6. The summed E-state index contributed by atoms with van der Waals surface area (Å²) in [5.41, 5.74) is 3.65. The van der Waals surface area contributed by atoms with Crippen LogP contribution in [0.1, 0.15) is 43.9 Å². The van der Waals surface area contributed by atoms with Crippen LogP contribution in [0.3, 0.4) is 0 Å². The Morgan fingerprint density at radius 1 is 1.07 bits per heavy atom. The summed E-state index contributed by atoms with van der Waals surface area (Å²) in [6.07, 6.45) is 0. The summed E-state index contributed by atoms with van der Waals surface area (Å²) < 4.78 is 0. The molecule has 0 saturated carbocycles. The van der Waals surface area contributed by atoms with Gasteiger partial charge in [0, 0.05) is 24.0 Å². The molecule has 28 heavy (non-hydrogen) atoms. The van der Waals surface area contributed by atoms with E-state index >= 15 is 0 Å². The third kappa shape index (κ3) is 3.34. The van der Waals surface area contributed by atoms with E-state index in [1.54, 1.807) is 29.4 Å². The number of fused-ring (bicyclic) bond motifs is 1. The topological polar surface area (TPSA) is 49.4 Å². The van der Waals surface area contributed by atoms with Crippen LogP contribution in [0.25, 0.3) is 0 Å². The molecule has 0 fully saturated rings. The zero-order chi connectivity index (χ0) is 19.7. The molecule has 2 heterocycles. The number of benzene rings is 2. The van der Waals surface area contributed by atoms with Crippen molar-refractivity contribution in [2.45, 2.75) is 25.4 Å². The summed E-state index contributed by atoms with van der Waals surface area (Å²) in [5.74, 6) is -0.551. The lowest BCUT2D eigenvalue weighted by Crippen LogP contribution is -2.45. The summed E-state index contributed by atoms with van der Waals surface area (Å²) >= 11 is 1.57. The number of carbonyl (C=O) groups is 2. The maximum Gasteiger partial charge on any atom is 0.254 e. The van der Waals surface area contributed by atoms with Crippen LogP contribution in [-0.4, -0.2) is 23.8 Å². The van der Waals surface area contributed by atoms with Crippen molar-refractivity contribution in [3.05, 3.63) is 93.2 Å². The van der Waals surface area contributed by atoms with Crippen molar-refractivity contribution in [2.75, 3.05) is 7.05 Å². The summed E-state index contributed by atoms with van der Waals surface area (Å²) in [4.78, 5) is 28.9. The first-order valence-electron chi connectivity index (χ1n) is 9.29. The van der Waals surface area contributed by atoms with Crippen molar-refractivity contribution in [1.29, 1.82) is 0 Å². The van der Waals surface area contributed by atoms with Crippen LogP contribution in [0.5, 0.6) is 0 Å². The van der Waals surface area contributed by atoms with Crippen molar-refractivity contribution in [2.24, 2.45) is 0 Å². The monoisotopic (exact) mass is 390 g/mol. The average molecular weight is 391 g/mol. The number of rotatable bonds is 4. The molecule has 5 heteroatoms. The van der Waals surface area contributed by atoms with Gasteiger partial charge in [-0.05, 0) is 35.6 Å². The summed E-state index contributed by atoms with van der Waals surface area (Å²) in [7, 11) is 1.78. The average Bonchev–Trinajstić information content (AvgIpc) is 3.24. The Morgan fingerprint density at radius 2 is 1.82 bits per heavy atom. The van der Waals surface area contributed by atoms with E-state index in [1.165, 1.54) is 5.56 Å². The van der Waals surface area contributed by atoms with Gasteiger partial charge in [-0.1, -0.05) is 54.1 Å². The molecule has 0 radical (unpaired) electrons. The number of amides is 2. The Morgan fingerprint density at radius 3 is 2.54 bits per heavy atom. The van der Waals surface area contributed by atoms with Crippen LogP contribution in [0.2, 0.25) is 0 Å². The Labute approximate surface area is 168 Å². The fraction of sp³-hybridized carbons (Fsp3) is 0.217. The Kier molecular flexibility index (Phi) is 5.01. The highest BCUT2D eigenvalue weighted by molar-refractivity contribution is 7.10. The van der Waals surface area contributed by atoms with E-state index in [4.69, 9.17) is 0 Å². The van der Waals surface area contributed by atoms with E-state index in [-0.39, 0.29) is 17.9 Å². The first kappa shape index (κ1) is 18.4. The number of likely N-dealkylation sites (N-methyl/N-ethyl adjacent to an activating group) is 1. The number of nitrogens with zero attached hydrogens (tertiary/aromatic N) is 1. The van der Waals surface area contributed by atoms with Crippen LogP contribution in [0, 0.1) is 6.92 Å². The highest BCUT2D eigenvalue weighted by atomic mass is 32.1. The quantitative estimate of drug-likeness (QED) is 0.723. The Hall–Kier alpha value is -2.92. The fourth-order valence-corrected chi connectivity index (χ4v) is 4.68. The van der Waals surface area contributed by atoms with Gasteiger partial charge in [0.15, 0.2) is 0 Å². The van der Waals surface area contributed by atoms with Gasteiger partial charge in [-0.25, -0.2) is 0 Å². The van der Waals surface area contributed by atoms with Crippen LogP contribution >= 0.6 is 11.3 Å². The lowest BCUT2D eigenvalue weighted by molar-refractivity contribution is -0.124. The number of carbonyl (C=O) groups excluding carboxylic acids is 2. The third-order valence-electron chi connectivity index (χ3n) is 5.28. The molecule has 2 amide bonds. The largest absolute Gasteiger partial charge is 0.351 e. The zero-order valence-corrected chi connectivity index (χ0v) is 16.7. The molecule has 2 atom stereocenters. The molecular formula is C23H22N2O2S. The number of nitrogens with one attached hydrogen (secondary N) is 1. The zero-order valence-electron chi connectivity index (χ0n) is 15.9. The second-order valence-electron chi connectivity index (χ2n) is 7.14. The van der Waals surface area contributed by atoms with Gasteiger partial charge in [0.1, 0.15) is 0 Å². The Balaban J connectivity index is 1.68. The summed E-state index contributed by atoms with van der Waals surface area (Å²) in [5, 5.41) is 5.07. The summed E-state index contributed by atoms with van der Waals surface area (Å²) in [6, 6.07) is 19.2. The first-order valence-corrected chi connectivity index (χ1v) is 10.2. The van der Waals surface area contributed by atoms with Gasteiger partial charge in [-0.15, -0.1) is 11.3 Å². The van der Waals surface area contributed by atoms with Gasteiger partial charge in [0.05, 0.1) is 12.0 Å². The number of thiophene rings is 1. The highest BCUT2D eigenvalue weighted by Crippen LogP contribution is 2.43. The van der Waals surface area contributed by atoms with Gasteiger partial charge >= 0.3 is 0 Å². The molecule has 0 spiro atoms.